The van der Waals surface area contributed by atoms with Gasteiger partial charge in [0.05, 0.1) is 4.88 Å². The van der Waals surface area contributed by atoms with Crippen molar-refractivity contribution in [1.29, 1.82) is 0 Å². The van der Waals surface area contributed by atoms with E-state index in [-0.39, 0.29) is 0 Å². The van der Waals surface area contributed by atoms with Gasteiger partial charge in [-0.3, -0.25) is 0 Å². The highest BCUT2D eigenvalue weighted by Gasteiger charge is 2.21. The van der Waals surface area contributed by atoms with Crippen LogP contribution in [-0.2, 0) is 0 Å². The van der Waals surface area contributed by atoms with Crippen LogP contribution in [-0.4, -0.2) is 37.5 Å². The van der Waals surface area contributed by atoms with E-state index in [1.165, 1.54) is 27.4 Å². The Hall–Kier alpha value is -1.99. The maximum absolute atomic E-state index is 10.7. The Morgan fingerprint density at radius 3 is 2.62 bits per heavy atom. The lowest BCUT2D eigenvalue weighted by Gasteiger charge is -2.19. The van der Waals surface area contributed by atoms with Crippen molar-refractivity contribution in [3.8, 4) is 10.4 Å². The first-order valence-corrected chi connectivity index (χ1v) is 11.9. The van der Waals surface area contributed by atoms with Crippen molar-refractivity contribution in [2.75, 3.05) is 36.6 Å². The van der Waals surface area contributed by atoms with Gasteiger partial charge in [0.15, 0.2) is 6.23 Å². The molecule has 1 fully saturated rings. The van der Waals surface area contributed by atoms with Gasteiger partial charge in [-0.15, -0.1) is 23.1 Å². The number of thioether (sulfide) groups is 1. The molecular formula is C23H27N3OS2. The summed E-state index contributed by atoms with van der Waals surface area (Å²) in [6, 6.07) is 21.4. The van der Waals surface area contributed by atoms with Crippen molar-refractivity contribution in [3.05, 3.63) is 65.5 Å². The number of hydrogen-bond donors (Lipinski definition) is 3. The van der Waals surface area contributed by atoms with Gasteiger partial charge in [0.2, 0.25) is 0 Å². The molecule has 3 N–H and O–H groups in total. The number of rotatable bonds is 7. The van der Waals surface area contributed by atoms with Crippen molar-refractivity contribution in [2.45, 2.75) is 23.6 Å². The molecule has 2 atom stereocenters. The van der Waals surface area contributed by atoms with Crippen LogP contribution in [0.4, 0.5) is 11.4 Å². The fourth-order valence-electron chi connectivity index (χ4n) is 3.72. The maximum Gasteiger partial charge on any atom is 0.160 e. The molecular weight excluding hydrogens is 398 g/mol. The fraction of sp³-hybridized carbons (Fsp3) is 0.304. The zero-order valence-electron chi connectivity index (χ0n) is 16.8. The molecule has 1 saturated heterocycles. The highest BCUT2D eigenvalue weighted by molar-refractivity contribution is 7.98. The predicted molar refractivity (Wildman–Crippen MR) is 126 cm³/mol. The van der Waals surface area contributed by atoms with Gasteiger partial charge in [-0.1, -0.05) is 18.2 Å². The summed E-state index contributed by atoms with van der Waals surface area (Å²) in [4.78, 5) is 5.74. The third-order valence-electron chi connectivity index (χ3n) is 5.40. The SMILES string of the molecule is CNC1CCN(c2ccc(NC(O)c3ccc(-c4ccccc4SC)s3)cc2)C1. The van der Waals surface area contributed by atoms with E-state index in [4.69, 9.17) is 0 Å². The molecule has 1 aromatic heterocycles. The number of thiophene rings is 1. The Morgan fingerprint density at radius 2 is 1.90 bits per heavy atom. The molecule has 0 spiro atoms. The molecule has 0 amide bonds. The van der Waals surface area contributed by atoms with Crippen LogP contribution in [0.5, 0.6) is 0 Å². The number of benzene rings is 2. The Morgan fingerprint density at radius 1 is 1.10 bits per heavy atom. The van der Waals surface area contributed by atoms with Crippen LogP contribution in [0.1, 0.15) is 17.5 Å². The predicted octanol–water partition coefficient (Wildman–Crippen LogP) is 5.04. The molecule has 2 heterocycles. The lowest BCUT2D eigenvalue weighted by Crippen LogP contribution is -2.29. The van der Waals surface area contributed by atoms with E-state index in [0.29, 0.717) is 6.04 Å². The van der Waals surface area contributed by atoms with Crippen molar-refractivity contribution < 1.29 is 5.11 Å². The first kappa shape index (κ1) is 20.3. The zero-order chi connectivity index (χ0) is 20.2. The average Bonchev–Trinajstić information content (AvgIpc) is 3.44. The molecule has 1 aliphatic heterocycles. The topological polar surface area (TPSA) is 47.5 Å². The minimum atomic E-state index is -0.721. The normalized spacial score (nSPS) is 17.5. The summed E-state index contributed by atoms with van der Waals surface area (Å²) in [6.45, 7) is 2.12. The van der Waals surface area contributed by atoms with E-state index < -0.39 is 6.23 Å². The van der Waals surface area contributed by atoms with Crippen LogP contribution >= 0.6 is 23.1 Å². The Kier molecular flexibility index (Phi) is 6.45. The van der Waals surface area contributed by atoms with Gasteiger partial charge in [-0.25, -0.2) is 0 Å². The fourth-order valence-corrected chi connectivity index (χ4v) is 5.38. The van der Waals surface area contributed by atoms with Crippen LogP contribution in [0, 0.1) is 0 Å². The molecule has 0 saturated carbocycles. The van der Waals surface area contributed by atoms with Crippen LogP contribution in [0.3, 0.4) is 0 Å². The molecule has 6 heteroatoms. The summed E-state index contributed by atoms with van der Waals surface area (Å²) >= 11 is 3.37. The van der Waals surface area contributed by atoms with Gasteiger partial charge in [0.25, 0.3) is 0 Å². The molecule has 2 unspecified atom stereocenters. The van der Waals surface area contributed by atoms with Gasteiger partial charge in [-0.2, -0.15) is 0 Å². The number of aliphatic hydroxyl groups is 1. The minimum Gasteiger partial charge on any atom is -0.370 e. The Labute approximate surface area is 181 Å². The Balaban J connectivity index is 1.42. The molecule has 0 aliphatic carbocycles. The van der Waals surface area contributed by atoms with Crippen molar-refractivity contribution in [1.82, 2.24) is 5.32 Å². The average molecular weight is 426 g/mol. The number of likely N-dealkylation sites (N-methyl/N-ethyl adjacent to an activating group) is 1. The largest absolute Gasteiger partial charge is 0.370 e. The number of nitrogens with zero attached hydrogens (tertiary/aromatic N) is 1. The summed E-state index contributed by atoms with van der Waals surface area (Å²) < 4.78 is 0. The maximum atomic E-state index is 10.7. The summed E-state index contributed by atoms with van der Waals surface area (Å²) in [5.74, 6) is 0. The molecule has 3 aromatic rings. The highest BCUT2D eigenvalue weighted by atomic mass is 32.2. The van der Waals surface area contributed by atoms with E-state index in [1.807, 2.05) is 25.2 Å². The van der Waals surface area contributed by atoms with Crippen LogP contribution in [0.2, 0.25) is 0 Å². The van der Waals surface area contributed by atoms with Gasteiger partial charge in [0, 0.05) is 45.8 Å². The molecule has 29 heavy (non-hydrogen) atoms. The van der Waals surface area contributed by atoms with E-state index in [1.54, 1.807) is 23.1 Å². The van der Waals surface area contributed by atoms with E-state index in [0.717, 1.165) is 23.7 Å². The van der Waals surface area contributed by atoms with Gasteiger partial charge < -0.3 is 20.6 Å². The highest BCUT2D eigenvalue weighted by Crippen LogP contribution is 2.36. The van der Waals surface area contributed by atoms with Crippen LogP contribution in [0.15, 0.2) is 65.6 Å². The second-order valence-corrected chi connectivity index (χ2v) is 9.18. The van der Waals surface area contributed by atoms with Gasteiger partial charge in [-0.05, 0) is 62.2 Å². The van der Waals surface area contributed by atoms with Crippen molar-refractivity contribution in [2.24, 2.45) is 0 Å². The molecule has 152 valence electrons. The monoisotopic (exact) mass is 425 g/mol. The van der Waals surface area contributed by atoms with E-state index >= 15 is 0 Å². The molecule has 2 aromatic carbocycles. The van der Waals surface area contributed by atoms with E-state index in [9.17, 15) is 5.11 Å². The van der Waals surface area contributed by atoms with Crippen molar-refractivity contribution >= 4 is 34.5 Å². The number of nitrogens with one attached hydrogen (secondary N) is 2. The lowest BCUT2D eigenvalue weighted by molar-refractivity contribution is 0.212. The lowest BCUT2D eigenvalue weighted by atomic mass is 10.2. The summed E-state index contributed by atoms with van der Waals surface area (Å²) in [5, 5.41) is 17.3. The third kappa shape index (κ3) is 4.61. The zero-order valence-corrected chi connectivity index (χ0v) is 18.4. The quantitative estimate of drug-likeness (QED) is 0.366. The first-order valence-electron chi connectivity index (χ1n) is 9.88. The second-order valence-electron chi connectivity index (χ2n) is 7.22. The first-order chi connectivity index (χ1) is 14.2. The van der Waals surface area contributed by atoms with Gasteiger partial charge in [0.1, 0.15) is 0 Å². The number of aliphatic hydroxyl groups excluding tert-OH is 1. The third-order valence-corrected chi connectivity index (χ3v) is 7.37. The molecule has 0 bridgehead atoms. The number of anilines is 2. The Bertz CT molecular complexity index is 941. The van der Waals surface area contributed by atoms with Crippen molar-refractivity contribution in [3.63, 3.8) is 0 Å². The molecule has 1 aliphatic rings. The smallest absolute Gasteiger partial charge is 0.160 e. The second kappa shape index (κ2) is 9.22. The van der Waals surface area contributed by atoms with Gasteiger partial charge >= 0.3 is 0 Å². The summed E-state index contributed by atoms with van der Waals surface area (Å²) in [6.07, 6.45) is 2.55. The van der Waals surface area contributed by atoms with Crippen LogP contribution in [0.25, 0.3) is 10.4 Å². The standard InChI is InChI=1S/C23H27N3OS2/c1-24-17-13-14-26(15-17)18-9-7-16(8-10-18)25-23(27)22-12-11-21(29-22)19-5-3-4-6-20(19)28-2/h3-12,17,23-25,27H,13-15H2,1-2H3. The summed E-state index contributed by atoms with van der Waals surface area (Å²) in [7, 11) is 2.03. The molecule has 4 rings (SSSR count). The summed E-state index contributed by atoms with van der Waals surface area (Å²) in [5.41, 5.74) is 3.37. The minimum absolute atomic E-state index is 0.568. The number of hydrogen-bond acceptors (Lipinski definition) is 6. The molecule has 0 radical (unpaired) electrons. The van der Waals surface area contributed by atoms with E-state index in [2.05, 4.69) is 64.3 Å². The van der Waals surface area contributed by atoms with Crippen LogP contribution < -0.4 is 15.5 Å². The molecule has 4 nitrogen and oxygen atoms in total.